The molecule has 0 radical (unpaired) electrons. The highest BCUT2D eigenvalue weighted by atomic mass is 19.1. The summed E-state index contributed by atoms with van der Waals surface area (Å²) in [5.41, 5.74) is 1.95. The summed E-state index contributed by atoms with van der Waals surface area (Å²) in [5.74, 6) is -2.14. The van der Waals surface area contributed by atoms with Crippen molar-refractivity contribution in [3.05, 3.63) is 58.2 Å². The number of aromatic amines is 1. The van der Waals surface area contributed by atoms with Crippen LogP contribution in [-0.2, 0) is 14.3 Å². The van der Waals surface area contributed by atoms with E-state index in [1.165, 1.54) is 12.1 Å². The number of ether oxygens (including phenoxy) is 2. The Kier molecular flexibility index (Phi) is 6.92. The smallest absolute Gasteiger partial charge is 0.355 e. The Balaban J connectivity index is 1.97. The van der Waals surface area contributed by atoms with Gasteiger partial charge in [-0.15, -0.1) is 0 Å². The molecule has 0 bridgehead atoms. The van der Waals surface area contributed by atoms with Crippen molar-refractivity contribution in [3.8, 4) is 0 Å². The predicted molar refractivity (Wildman–Crippen MR) is 99.5 cm³/mol. The monoisotopic (exact) mass is 390 g/mol. The van der Waals surface area contributed by atoms with Gasteiger partial charge in [-0.1, -0.05) is 12.1 Å². The Labute approximate surface area is 162 Å². The number of halogens is 1. The first-order chi connectivity index (χ1) is 13.2. The minimum Gasteiger partial charge on any atom is -0.461 e. The highest BCUT2D eigenvalue weighted by Gasteiger charge is 2.24. The summed E-state index contributed by atoms with van der Waals surface area (Å²) in [6.07, 6.45) is 0. The van der Waals surface area contributed by atoms with Crippen molar-refractivity contribution in [3.63, 3.8) is 0 Å². The lowest BCUT2D eigenvalue weighted by molar-refractivity contribution is -0.124. The van der Waals surface area contributed by atoms with E-state index in [9.17, 15) is 18.8 Å². The second kappa shape index (κ2) is 9.16. The van der Waals surface area contributed by atoms with E-state index in [1.807, 2.05) is 0 Å². The lowest BCUT2D eigenvalue weighted by atomic mass is 10.1. The second-order valence-electron chi connectivity index (χ2n) is 6.26. The molecule has 0 spiro atoms. The van der Waals surface area contributed by atoms with Crippen molar-refractivity contribution in [2.75, 3.05) is 13.2 Å². The first kappa shape index (κ1) is 21.1. The molecule has 0 saturated carbocycles. The minimum absolute atomic E-state index is 0.181. The summed E-state index contributed by atoms with van der Waals surface area (Å²) in [7, 11) is 0. The third kappa shape index (κ3) is 4.97. The van der Waals surface area contributed by atoms with Crippen molar-refractivity contribution in [2.45, 2.75) is 33.7 Å². The Morgan fingerprint density at radius 2 is 1.75 bits per heavy atom. The number of H-pyrrole nitrogens is 1. The maximum Gasteiger partial charge on any atom is 0.355 e. The number of aryl methyl sites for hydroxylation is 1. The number of hydrogen-bond acceptors (Lipinski definition) is 5. The number of benzene rings is 1. The zero-order chi connectivity index (χ0) is 20.8. The van der Waals surface area contributed by atoms with Gasteiger partial charge in [0.2, 0.25) is 0 Å². The maximum absolute atomic E-state index is 13.0. The fraction of sp³-hybridized carbons (Fsp3) is 0.350. The molecule has 2 N–H and O–H groups in total. The molecule has 7 nitrogen and oxygen atoms in total. The quantitative estimate of drug-likeness (QED) is 0.709. The molecule has 0 aliphatic heterocycles. The molecule has 0 aliphatic carbocycles. The fourth-order valence-electron chi connectivity index (χ4n) is 2.78. The van der Waals surface area contributed by atoms with Gasteiger partial charge in [-0.3, -0.25) is 4.79 Å². The van der Waals surface area contributed by atoms with E-state index in [0.717, 1.165) is 5.56 Å². The Morgan fingerprint density at radius 1 is 1.11 bits per heavy atom. The topological polar surface area (TPSA) is 97.5 Å². The van der Waals surface area contributed by atoms with E-state index in [0.29, 0.717) is 11.3 Å². The normalized spacial score (nSPS) is 11.6. The molecule has 8 heteroatoms. The molecule has 2 rings (SSSR count). The zero-order valence-corrected chi connectivity index (χ0v) is 16.2. The van der Waals surface area contributed by atoms with Crippen LogP contribution in [0.1, 0.15) is 57.6 Å². The summed E-state index contributed by atoms with van der Waals surface area (Å²) in [4.78, 5) is 39.1. The van der Waals surface area contributed by atoms with Crippen molar-refractivity contribution >= 4 is 17.8 Å². The molecule has 28 heavy (non-hydrogen) atoms. The van der Waals surface area contributed by atoms with E-state index >= 15 is 0 Å². The zero-order valence-electron chi connectivity index (χ0n) is 16.2. The number of carbonyl (C=O) groups is 3. The van der Waals surface area contributed by atoms with Gasteiger partial charge in [0.15, 0.2) is 6.61 Å². The van der Waals surface area contributed by atoms with Crippen LogP contribution in [0.3, 0.4) is 0 Å². The van der Waals surface area contributed by atoms with E-state index in [1.54, 1.807) is 39.8 Å². The van der Waals surface area contributed by atoms with Crippen LogP contribution in [0.5, 0.6) is 0 Å². The van der Waals surface area contributed by atoms with Gasteiger partial charge in [0.05, 0.1) is 18.2 Å². The molecule has 2 aromatic rings. The number of rotatable bonds is 7. The summed E-state index contributed by atoms with van der Waals surface area (Å²) in [5, 5.41) is 2.67. The lowest BCUT2D eigenvalue weighted by Gasteiger charge is -2.14. The van der Waals surface area contributed by atoms with Crippen molar-refractivity contribution in [1.29, 1.82) is 0 Å². The first-order valence-corrected chi connectivity index (χ1v) is 8.82. The molecule has 0 fully saturated rings. The second-order valence-corrected chi connectivity index (χ2v) is 6.26. The lowest BCUT2D eigenvalue weighted by Crippen LogP contribution is -2.31. The molecule has 0 unspecified atom stereocenters. The predicted octanol–water partition coefficient (Wildman–Crippen LogP) is 2.98. The largest absolute Gasteiger partial charge is 0.461 e. The van der Waals surface area contributed by atoms with Crippen LogP contribution < -0.4 is 5.32 Å². The number of amides is 1. The SMILES string of the molecule is CCOC(=O)c1[nH]c(C)c(C(=O)OCC(=O)N[C@@H](C)c2ccc(F)cc2)c1C. The maximum atomic E-state index is 13.0. The molecular formula is C20H23FN2O5. The van der Waals surface area contributed by atoms with Crippen LogP contribution in [0, 0.1) is 19.7 Å². The van der Waals surface area contributed by atoms with Crippen molar-refractivity contribution in [1.82, 2.24) is 10.3 Å². The number of nitrogens with one attached hydrogen (secondary N) is 2. The highest BCUT2D eigenvalue weighted by molar-refractivity contribution is 5.99. The third-order valence-electron chi connectivity index (χ3n) is 4.20. The average Bonchev–Trinajstić information content (AvgIpc) is 2.95. The fourth-order valence-corrected chi connectivity index (χ4v) is 2.78. The Morgan fingerprint density at radius 3 is 2.36 bits per heavy atom. The van der Waals surface area contributed by atoms with E-state index in [4.69, 9.17) is 9.47 Å². The summed E-state index contributed by atoms with van der Waals surface area (Å²) < 4.78 is 23.0. The molecule has 0 aliphatic rings. The van der Waals surface area contributed by atoms with Gasteiger partial charge in [-0.25, -0.2) is 14.0 Å². The molecule has 0 saturated heterocycles. The molecule has 1 aromatic heterocycles. The van der Waals surface area contributed by atoms with Gasteiger partial charge in [0.25, 0.3) is 5.91 Å². The van der Waals surface area contributed by atoms with Crippen LogP contribution in [0.15, 0.2) is 24.3 Å². The molecular weight excluding hydrogens is 367 g/mol. The summed E-state index contributed by atoms with van der Waals surface area (Å²) in [6.45, 7) is 6.38. The number of hydrogen-bond donors (Lipinski definition) is 2. The van der Waals surface area contributed by atoms with Gasteiger partial charge >= 0.3 is 11.9 Å². The van der Waals surface area contributed by atoms with Crippen LogP contribution >= 0.6 is 0 Å². The first-order valence-electron chi connectivity index (χ1n) is 8.82. The molecule has 1 amide bonds. The standard InChI is InChI=1S/C20H23FN2O5/c1-5-27-20(26)18-11(2)17(13(4)23-18)19(25)28-10-16(24)22-12(3)14-6-8-15(21)9-7-14/h6-9,12,23H,5,10H2,1-4H3,(H,22,24)/t12-/m0/s1. The molecule has 150 valence electrons. The van der Waals surface area contributed by atoms with Crippen LogP contribution in [-0.4, -0.2) is 36.0 Å². The van der Waals surface area contributed by atoms with Crippen LogP contribution in [0.4, 0.5) is 4.39 Å². The average molecular weight is 390 g/mol. The highest BCUT2D eigenvalue weighted by Crippen LogP contribution is 2.20. The molecule has 1 atom stereocenters. The van der Waals surface area contributed by atoms with Crippen molar-refractivity contribution < 1.29 is 28.2 Å². The van der Waals surface area contributed by atoms with E-state index in [2.05, 4.69) is 10.3 Å². The summed E-state index contributed by atoms with van der Waals surface area (Å²) in [6, 6.07) is 5.36. The molecule has 1 aromatic carbocycles. The van der Waals surface area contributed by atoms with Gasteiger partial charge in [0, 0.05) is 5.69 Å². The minimum atomic E-state index is -0.716. The van der Waals surface area contributed by atoms with Gasteiger partial charge in [-0.05, 0) is 51.0 Å². The Bertz CT molecular complexity index is 873. The van der Waals surface area contributed by atoms with Crippen molar-refractivity contribution in [2.24, 2.45) is 0 Å². The van der Waals surface area contributed by atoms with Gasteiger partial charge < -0.3 is 19.8 Å². The number of esters is 2. The molecule has 1 heterocycles. The number of carbonyl (C=O) groups excluding carboxylic acids is 3. The third-order valence-corrected chi connectivity index (χ3v) is 4.20. The van der Waals surface area contributed by atoms with Gasteiger partial charge in [-0.2, -0.15) is 0 Å². The Hall–Kier alpha value is -3.16. The van der Waals surface area contributed by atoms with Crippen LogP contribution in [0.25, 0.3) is 0 Å². The van der Waals surface area contributed by atoms with Gasteiger partial charge in [0.1, 0.15) is 11.5 Å². The number of aromatic nitrogens is 1. The van der Waals surface area contributed by atoms with Crippen LogP contribution in [0.2, 0.25) is 0 Å². The van der Waals surface area contributed by atoms with E-state index < -0.39 is 24.5 Å². The summed E-state index contributed by atoms with van der Waals surface area (Å²) >= 11 is 0. The van der Waals surface area contributed by atoms with E-state index in [-0.39, 0.29) is 29.7 Å².